The van der Waals surface area contributed by atoms with Gasteiger partial charge in [-0.3, -0.25) is 9.48 Å². The van der Waals surface area contributed by atoms with Crippen molar-refractivity contribution in [2.75, 3.05) is 13.1 Å². The summed E-state index contributed by atoms with van der Waals surface area (Å²) in [5, 5.41) is 16.3. The third-order valence-corrected chi connectivity index (χ3v) is 3.95. The molecule has 0 bridgehead atoms. The van der Waals surface area contributed by atoms with E-state index in [0.717, 1.165) is 25.0 Å². The van der Waals surface area contributed by atoms with Crippen molar-refractivity contribution in [1.82, 2.24) is 14.7 Å². The molecule has 0 saturated carbocycles. The molecule has 0 radical (unpaired) electrons. The topological polar surface area (TPSA) is 96.7 Å². The molecule has 1 fully saturated rings. The van der Waals surface area contributed by atoms with E-state index in [1.54, 1.807) is 9.58 Å². The summed E-state index contributed by atoms with van der Waals surface area (Å²) in [6.07, 6.45) is 2.50. The summed E-state index contributed by atoms with van der Waals surface area (Å²) in [5.41, 5.74) is 7.22. The lowest BCUT2D eigenvalue weighted by Gasteiger charge is -2.32. The summed E-state index contributed by atoms with van der Waals surface area (Å²) >= 11 is 0. The van der Waals surface area contributed by atoms with Crippen LogP contribution in [0, 0.1) is 5.92 Å². The van der Waals surface area contributed by atoms with Gasteiger partial charge in [-0.25, -0.2) is 0 Å². The van der Waals surface area contributed by atoms with Crippen LogP contribution in [0.2, 0.25) is 0 Å². The highest BCUT2D eigenvalue weighted by atomic mass is 16.4. The summed E-state index contributed by atoms with van der Waals surface area (Å²) in [5.74, 6) is 0.0987. The van der Waals surface area contributed by atoms with E-state index in [1.807, 2.05) is 19.9 Å². The van der Waals surface area contributed by atoms with Crippen molar-refractivity contribution in [3.8, 4) is 0 Å². The van der Waals surface area contributed by atoms with Crippen LogP contribution in [0.4, 0.5) is 0 Å². The molecule has 1 aromatic rings. The molecule has 1 aromatic heterocycles. The van der Waals surface area contributed by atoms with E-state index in [1.165, 1.54) is 0 Å². The van der Waals surface area contributed by atoms with Crippen molar-refractivity contribution in [3.63, 3.8) is 0 Å². The lowest BCUT2D eigenvalue weighted by molar-refractivity contribution is 0.0688. The van der Waals surface area contributed by atoms with E-state index in [0.29, 0.717) is 25.3 Å². The van der Waals surface area contributed by atoms with Gasteiger partial charge in [-0.2, -0.15) is 5.10 Å². The minimum Gasteiger partial charge on any atom is -0.409 e. The van der Waals surface area contributed by atoms with Gasteiger partial charge in [0, 0.05) is 25.6 Å². The number of carbonyl (C=O) groups excluding carboxylic acids is 1. The molecular formula is C14H23N5O2. The largest absolute Gasteiger partial charge is 0.409 e. The summed E-state index contributed by atoms with van der Waals surface area (Å²) in [6, 6.07) is 1.86. The summed E-state index contributed by atoms with van der Waals surface area (Å²) in [4.78, 5) is 14.5. The van der Waals surface area contributed by atoms with Crippen LogP contribution < -0.4 is 5.73 Å². The second-order valence-corrected chi connectivity index (χ2v) is 5.31. The molecular weight excluding hydrogens is 270 g/mol. The predicted molar refractivity (Wildman–Crippen MR) is 79.3 cm³/mol. The van der Waals surface area contributed by atoms with Gasteiger partial charge in [-0.15, -0.1) is 0 Å². The summed E-state index contributed by atoms with van der Waals surface area (Å²) < 4.78 is 1.74. The van der Waals surface area contributed by atoms with Gasteiger partial charge in [0.05, 0.1) is 5.69 Å². The number of oxime groups is 1. The number of likely N-dealkylation sites (tertiary alicyclic amines) is 1. The van der Waals surface area contributed by atoms with Gasteiger partial charge in [0.15, 0.2) is 0 Å². The van der Waals surface area contributed by atoms with Crippen molar-refractivity contribution in [3.05, 3.63) is 17.5 Å². The molecule has 1 aliphatic heterocycles. The molecule has 0 spiro atoms. The lowest BCUT2D eigenvalue weighted by Crippen LogP contribution is -2.44. The molecule has 1 aliphatic rings. The number of rotatable bonds is 4. The molecule has 2 heterocycles. The van der Waals surface area contributed by atoms with Crippen LogP contribution in [-0.4, -0.2) is 44.7 Å². The fraction of sp³-hybridized carbons (Fsp3) is 0.643. The minimum absolute atomic E-state index is 0.0283. The van der Waals surface area contributed by atoms with E-state index in [9.17, 15) is 4.79 Å². The summed E-state index contributed by atoms with van der Waals surface area (Å²) in [7, 11) is 0. The second-order valence-electron chi connectivity index (χ2n) is 5.31. The molecule has 0 aromatic carbocycles. The fourth-order valence-corrected chi connectivity index (χ4v) is 2.70. The minimum atomic E-state index is -0.0728. The highest BCUT2D eigenvalue weighted by Crippen LogP contribution is 2.19. The Hall–Kier alpha value is -2.05. The number of aromatic nitrogens is 2. The number of piperidine rings is 1. The number of carbonyl (C=O) groups is 1. The van der Waals surface area contributed by atoms with E-state index in [4.69, 9.17) is 10.9 Å². The second kappa shape index (κ2) is 6.60. The Labute approximate surface area is 124 Å². The zero-order valence-electron chi connectivity index (χ0n) is 12.6. The van der Waals surface area contributed by atoms with Crippen LogP contribution >= 0.6 is 0 Å². The zero-order chi connectivity index (χ0) is 15.4. The standard InChI is InChI=1S/C14H23N5O2/c1-3-11-8-12(19(4-2)16-11)14(20)18-7-5-6-10(9-18)13(15)17-21/h8,10,21H,3-7,9H2,1-2H3,(H2,15,17). The highest BCUT2D eigenvalue weighted by molar-refractivity contribution is 5.93. The maximum atomic E-state index is 12.7. The van der Waals surface area contributed by atoms with Crippen LogP contribution in [0.1, 0.15) is 42.9 Å². The van der Waals surface area contributed by atoms with Crippen LogP contribution in [-0.2, 0) is 13.0 Å². The molecule has 7 nitrogen and oxygen atoms in total. The summed E-state index contributed by atoms with van der Waals surface area (Å²) in [6.45, 7) is 5.85. The Morgan fingerprint density at radius 3 is 2.95 bits per heavy atom. The Kier molecular flexibility index (Phi) is 4.82. The molecule has 1 saturated heterocycles. The first-order chi connectivity index (χ1) is 10.1. The zero-order valence-corrected chi connectivity index (χ0v) is 12.6. The number of nitrogens with zero attached hydrogens (tertiary/aromatic N) is 4. The van der Waals surface area contributed by atoms with Crippen molar-refractivity contribution in [2.24, 2.45) is 16.8 Å². The number of aryl methyl sites for hydroxylation is 2. The van der Waals surface area contributed by atoms with Gasteiger partial charge in [0.2, 0.25) is 0 Å². The van der Waals surface area contributed by atoms with Crippen LogP contribution in [0.15, 0.2) is 11.2 Å². The molecule has 0 aliphatic carbocycles. The van der Waals surface area contributed by atoms with Crippen LogP contribution in [0.3, 0.4) is 0 Å². The Morgan fingerprint density at radius 1 is 1.57 bits per heavy atom. The first-order valence-corrected chi connectivity index (χ1v) is 7.44. The van der Waals surface area contributed by atoms with E-state index >= 15 is 0 Å². The lowest BCUT2D eigenvalue weighted by atomic mass is 9.97. The van der Waals surface area contributed by atoms with Crippen LogP contribution in [0.5, 0.6) is 0 Å². The van der Waals surface area contributed by atoms with Crippen molar-refractivity contribution >= 4 is 11.7 Å². The van der Waals surface area contributed by atoms with Gasteiger partial charge in [-0.05, 0) is 32.3 Å². The number of hydrogen-bond donors (Lipinski definition) is 2. The Balaban J connectivity index is 2.17. The number of amidine groups is 1. The molecule has 1 atom stereocenters. The third-order valence-electron chi connectivity index (χ3n) is 3.95. The predicted octanol–water partition coefficient (Wildman–Crippen LogP) is 1.06. The maximum Gasteiger partial charge on any atom is 0.272 e. The molecule has 1 amide bonds. The molecule has 116 valence electrons. The number of hydrogen-bond acceptors (Lipinski definition) is 4. The van der Waals surface area contributed by atoms with Gasteiger partial charge in [0.1, 0.15) is 11.5 Å². The van der Waals surface area contributed by atoms with Crippen molar-refractivity contribution < 1.29 is 10.0 Å². The van der Waals surface area contributed by atoms with Gasteiger partial charge in [-0.1, -0.05) is 12.1 Å². The van der Waals surface area contributed by atoms with Gasteiger partial charge >= 0.3 is 0 Å². The van der Waals surface area contributed by atoms with Crippen LogP contribution in [0.25, 0.3) is 0 Å². The number of nitrogens with two attached hydrogens (primary N) is 1. The first kappa shape index (κ1) is 15.3. The molecule has 1 unspecified atom stereocenters. The highest BCUT2D eigenvalue weighted by Gasteiger charge is 2.28. The first-order valence-electron chi connectivity index (χ1n) is 7.44. The fourth-order valence-electron chi connectivity index (χ4n) is 2.70. The van der Waals surface area contributed by atoms with Gasteiger partial charge in [0.25, 0.3) is 5.91 Å². The van der Waals surface area contributed by atoms with E-state index < -0.39 is 0 Å². The normalized spacial score (nSPS) is 19.8. The number of amides is 1. The Bertz CT molecular complexity index is 537. The SMILES string of the molecule is CCc1cc(C(=O)N2CCCC(C(N)=NO)C2)n(CC)n1. The van der Waals surface area contributed by atoms with Gasteiger partial charge < -0.3 is 15.8 Å². The molecule has 7 heteroatoms. The Morgan fingerprint density at radius 2 is 2.33 bits per heavy atom. The van der Waals surface area contributed by atoms with E-state index in [-0.39, 0.29) is 17.7 Å². The van der Waals surface area contributed by atoms with Crippen molar-refractivity contribution in [2.45, 2.75) is 39.7 Å². The smallest absolute Gasteiger partial charge is 0.272 e. The van der Waals surface area contributed by atoms with E-state index in [2.05, 4.69) is 10.3 Å². The molecule has 3 N–H and O–H groups in total. The molecule has 21 heavy (non-hydrogen) atoms. The quantitative estimate of drug-likeness (QED) is 0.375. The average molecular weight is 293 g/mol. The monoisotopic (exact) mass is 293 g/mol. The third kappa shape index (κ3) is 3.17. The average Bonchev–Trinajstić information content (AvgIpc) is 2.96. The maximum absolute atomic E-state index is 12.7. The molecule has 2 rings (SSSR count). The van der Waals surface area contributed by atoms with Crippen molar-refractivity contribution in [1.29, 1.82) is 0 Å².